The van der Waals surface area contributed by atoms with Gasteiger partial charge in [0.15, 0.2) is 0 Å². The molecule has 0 spiro atoms. The number of carbonyl (C=O) groups excluding carboxylic acids is 2. The van der Waals surface area contributed by atoms with E-state index in [1.165, 1.54) is 0 Å². The van der Waals surface area contributed by atoms with Crippen molar-refractivity contribution in [3.05, 3.63) is 48.7 Å². The van der Waals surface area contributed by atoms with Crippen LogP contribution in [0, 0.1) is 5.92 Å². The molecule has 3 aromatic rings. The molecule has 1 aromatic heterocycles. The molecule has 0 bridgehead atoms. The van der Waals surface area contributed by atoms with E-state index < -0.39 is 5.92 Å². The van der Waals surface area contributed by atoms with Crippen molar-refractivity contribution >= 4 is 34.1 Å². The van der Waals surface area contributed by atoms with Crippen LogP contribution in [0.15, 0.2) is 48.7 Å². The number of methoxy groups -OCH3 is 2. The summed E-state index contributed by atoms with van der Waals surface area (Å²) in [5.41, 5.74) is 2.32. The molecule has 1 saturated heterocycles. The van der Waals surface area contributed by atoms with Gasteiger partial charge in [0.2, 0.25) is 11.8 Å². The van der Waals surface area contributed by atoms with Gasteiger partial charge >= 0.3 is 0 Å². The van der Waals surface area contributed by atoms with Crippen LogP contribution in [0.1, 0.15) is 6.42 Å². The van der Waals surface area contributed by atoms with Gasteiger partial charge in [-0.25, -0.2) is 0 Å². The Morgan fingerprint density at radius 2 is 2.04 bits per heavy atom. The van der Waals surface area contributed by atoms with Gasteiger partial charge in [0.05, 0.1) is 31.5 Å². The summed E-state index contributed by atoms with van der Waals surface area (Å²) in [6.07, 6.45) is 1.99. The van der Waals surface area contributed by atoms with Crippen LogP contribution in [0.5, 0.6) is 11.5 Å². The number of H-pyrrole nitrogens is 1. The van der Waals surface area contributed by atoms with E-state index in [9.17, 15) is 9.59 Å². The van der Waals surface area contributed by atoms with Crippen LogP contribution in [0.25, 0.3) is 10.9 Å². The van der Waals surface area contributed by atoms with E-state index >= 15 is 0 Å². The third-order valence-electron chi connectivity index (χ3n) is 5.03. The van der Waals surface area contributed by atoms with Crippen LogP contribution in [-0.2, 0) is 9.59 Å². The van der Waals surface area contributed by atoms with Gasteiger partial charge in [-0.1, -0.05) is 6.07 Å². The molecular formula is C21H21N3O4. The van der Waals surface area contributed by atoms with Crippen LogP contribution >= 0.6 is 0 Å². The monoisotopic (exact) mass is 379 g/mol. The first-order valence-electron chi connectivity index (χ1n) is 9.00. The van der Waals surface area contributed by atoms with Crippen LogP contribution in [0.2, 0.25) is 0 Å². The number of amides is 2. The summed E-state index contributed by atoms with van der Waals surface area (Å²) in [7, 11) is 3.11. The average molecular weight is 379 g/mol. The number of aromatic amines is 1. The number of benzene rings is 2. The minimum atomic E-state index is -0.437. The molecule has 2 aromatic carbocycles. The minimum absolute atomic E-state index is 0.108. The summed E-state index contributed by atoms with van der Waals surface area (Å²) in [6.45, 7) is 0.302. The van der Waals surface area contributed by atoms with E-state index in [0.29, 0.717) is 23.7 Å². The smallest absolute Gasteiger partial charge is 0.229 e. The van der Waals surface area contributed by atoms with Crippen LogP contribution in [0.3, 0.4) is 0 Å². The van der Waals surface area contributed by atoms with Crippen molar-refractivity contribution in [2.75, 3.05) is 31.0 Å². The van der Waals surface area contributed by atoms with E-state index in [0.717, 1.165) is 16.6 Å². The van der Waals surface area contributed by atoms with Gasteiger partial charge < -0.3 is 24.7 Å². The summed E-state index contributed by atoms with van der Waals surface area (Å²) < 4.78 is 10.6. The van der Waals surface area contributed by atoms with Crippen molar-refractivity contribution in [2.45, 2.75) is 6.42 Å². The maximum absolute atomic E-state index is 12.8. The number of nitrogens with zero attached hydrogens (tertiary/aromatic N) is 1. The van der Waals surface area contributed by atoms with Crippen molar-refractivity contribution in [2.24, 2.45) is 5.92 Å². The van der Waals surface area contributed by atoms with Gasteiger partial charge in [-0.3, -0.25) is 9.59 Å². The number of carbonyl (C=O) groups is 2. The lowest BCUT2D eigenvalue weighted by molar-refractivity contribution is -0.122. The summed E-state index contributed by atoms with van der Waals surface area (Å²) in [5, 5.41) is 3.90. The highest BCUT2D eigenvalue weighted by Gasteiger charge is 2.36. The first-order valence-corrected chi connectivity index (χ1v) is 9.00. The fourth-order valence-corrected chi connectivity index (χ4v) is 3.55. The zero-order valence-corrected chi connectivity index (χ0v) is 15.7. The summed E-state index contributed by atoms with van der Waals surface area (Å²) in [6, 6.07) is 12.9. The maximum atomic E-state index is 12.8. The van der Waals surface area contributed by atoms with Gasteiger partial charge in [-0.05, 0) is 30.3 Å². The molecule has 0 aliphatic carbocycles. The van der Waals surface area contributed by atoms with E-state index in [2.05, 4.69) is 10.3 Å². The molecule has 7 heteroatoms. The Balaban J connectivity index is 1.53. The first-order chi connectivity index (χ1) is 13.6. The normalized spacial score (nSPS) is 16.4. The number of nitrogens with one attached hydrogen (secondary N) is 2. The van der Waals surface area contributed by atoms with Gasteiger partial charge in [0.25, 0.3) is 0 Å². The lowest BCUT2D eigenvalue weighted by Gasteiger charge is -2.20. The molecule has 28 heavy (non-hydrogen) atoms. The molecule has 2 amide bonds. The van der Waals surface area contributed by atoms with Crippen LogP contribution in [-0.4, -0.2) is 37.6 Å². The first kappa shape index (κ1) is 17.9. The molecule has 2 heterocycles. The number of rotatable bonds is 5. The van der Waals surface area contributed by atoms with E-state index in [1.54, 1.807) is 37.3 Å². The van der Waals surface area contributed by atoms with Crippen molar-refractivity contribution < 1.29 is 19.1 Å². The molecule has 1 aliphatic heterocycles. The number of fused-ring (bicyclic) bond motifs is 1. The SMILES string of the molecule is COc1ccc(N2C[C@H](C(=O)Nc3cccc4[nH]ccc34)CC2=O)c(OC)c1. The van der Waals surface area contributed by atoms with Crippen molar-refractivity contribution in [1.29, 1.82) is 0 Å². The molecule has 0 unspecified atom stereocenters. The zero-order chi connectivity index (χ0) is 19.7. The topological polar surface area (TPSA) is 83.7 Å². The Labute approximate surface area is 162 Å². The standard InChI is InChI=1S/C21H21N3O4/c1-27-14-6-7-18(19(11-14)28-2)24-12-13(10-20(24)25)21(26)23-17-5-3-4-16-15(17)8-9-22-16/h3-9,11,13,22H,10,12H2,1-2H3,(H,23,26)/t13-/m1/s1. The number of ether oxygens (including phenoxy) is 2. The predicted octanol–water partition coefficient (Wildman–Crippen LogP) is 3.18. The molecule has 1 fully saturated rings. The Morgan fingerprint density at radius 1 is 1.18 bits per heavy atom. The maximum Gasteiger partial charge on any atom is 0.229 e. The lowest BCUT2D eigenvalue weighted by atomic mass is 10.1. The Kier molecular flexibility index (Phi) is 4.65. The fraction of sp³-hybridized carbons (Fsp3) is 0.238. The largest absolute Gasteiger partial charge is 0.497 e. The molecule has 4 rings (SSSR count). The van der Waals surface area contributed by atoms with Gasteiger partial charge in [-0.15, -0.1) is 0 Å². The van der Waals surface area contributed by atoms with Crippen molar-refractivity contribution in [1.82, 2.24) is 4.98 Å². The molecule has 144 valence electrons. The molecule has 2 N–H and O–H groups in total. The highest BCUT2D eigenvalue weighted by molar-refractivity contribution is 6.07. The molecule has 0 saturated carbocycles. The molecule has 0 radical (unpaired) electrons. The number of anilines is 2. The molecule has 1 aliphatic rings. The number of aromatic nitrogens is 1. The third-order valence-corrected chi connectivity index (χ3v) is 5.03. The molecule has 1 atom stereocenters. The van der Waals surface area contributed by atoms with Crippen molar-refractivity contribution in [3.8, 4) is 11.5 Å². The third kappa shape index (κ3) is 3.15. The van der Waals surface area contributed by atoms with Gasteiger partial charge in [-0.2, -0.15) is 0 Å². The highest BCUT2D eigenvalue weighted by Crippen LogP contribution is 2.36. The lowest BCUT2D eigenvalue weighted by Crippen LogP contribution is -2.28. The second kappa shape index (κ2) is 7.26. The van der Waals surface area contributed by atoms with Gasteiger partial charge in [0.1, 0.15) is 11.5 Å². The quantitative estimate of drug-likeness (QED) is 0.713. The minimum Gasteiger partial charge on any atom is -0.497 e. The number of hydrogen-bond donors (Lipinski definition) is 2. The Hall–Kier alpha value is -3.48. The zero-order valence-electron chi connectivity index (χ0n) is 15.7. The summed E-state index contributed by atoms with van der Waals surface area (Å²) >= 11 is 0. The van der Waals surface area contributed by atoms with Crippen LogP contribution in [0.4, 0.5) is 11.4 Å². The second-order valence-corrected chi connectivity index (χ2v) is 6.68. The highest BCUT2D eigenvalue weighted by atomic mass is 16.5. The molecule has 7 nitrogen and oxygen atoms in total. The van der Waals surface area contributed by atoms with E-state index in [4.69, 9.17) is 9.47 Å². The van der Waals surface area contributed by atoms with Crippen LogP contribution < -0.4 is 19.7 Å². The predicted molar refractivity (Wildman–Crippen MR) is 107 cm³/mol. The Morgan fingerprint density at radius 3 is 2.82 bits per heavy atom. The molecular weight excluding hydrogens is 358 g/mol. The Bertz CT molecular complexity index is 1040. The second-order valence-electron chi connectivity index (χ2n) is 6.68. The fourth-order valence-electron chi connectivity index (χ4n) is 3.55. The summed E-state index contributed by atoms with van der Waals surface area (Å²) in [5.74, 6) is 0.459. The summed E-state index contributed by atoms with van der Waals surface area (Å²) in [4.78, 5) is 30.1. The number of hydrogen-bond acceptors (Lipinski definition) is 4. The van der Waals surface area contributed by atoms with Gasteiger partial charge in [0, 0.05) is 36.1 Å². The average Bonchev–Trinajstić information content (AvgIpc) is 3.34. The van der Waals surface area contributed by atoms with E-state index in [-0.39, 0.29) is 18.2 Å². The van der Waals surface area contributed by atoms with Crippen molar-refractivity contribution in [3.63, 3.8) is 0 Å². The van der Waals surface area contributed by atoms with E-state index in [1.807, 2.05) is 30.5 Å².